The van der Waals surface area contributed by atoms with E-state index >= 15 is 0 Å². The lowest BCUT2D eigenvalue weighted by Crippen LogP contribution is -2.36. The molecule has 0 spiro atoms. The van der Waals surface area contributed by atoms with Crippen molar-refractivity contribution in [2.24, 2.45) is 0 Å². The van der Waals surface area contributed by atoms with Gasteiger partial charge in [-0.3, -0.25) is 9.69 Å². The maximum absolute atomic E-state index is 12.6. The molecule has 1 amide bonds. The van der Waals surface area contributed by atoms with Crippen LogP contribution in [0.2, 0.25) is 0 Å². The van der Waals surface area contributed by atoms with Gasteiger partial charge in [0.2, 0.25) is 0 Å². The number of hydrogen-bond donors (Lipinski definition) is 1. The molecule has 0 saturated carbocycles. The number of amides is 1. The zero-order chi connectivity index (χ0) is 21.6. The van der Waals surface area contributed by atoms with Crippen molar-refractivity contribution >= 4 is 5.91 Å². The summed E-state index contributed by atoms with van der Waals surface area (Å²) in [7, 11) is 0. The topological polar surface area (TPSA) is 41.6 Å². The molecule has 0 unspecified atom stereocenters. The summed E-state index contributed by atoms with van der Waals surface area (Å²) in [5.41, 5.74) is 5.99. The fourth-order valence-electron chi connectivity index (χ4n) is 3.91. The minimum Gasteiger partial charge on any atom is -0.491 e. The third-order valence-corrected chi connectivity index (χ3v) is 5.73. The molecular weight excluding hydrogens is 384 g/mol. The molecule has 1 N–H and O–H groups in total. The zero-order valence-electron chi connectivity index (χ0n) is 18.3. The largest absolute Gasteiger partial charge is 0.491 e. The summed E-state index contributed by atoms with van der Waals surface area (Å²) >= 11 is 0. The molecule has 3 aromatic carbocycles. The number of fused-ring (bicyclic) bond motifs is 1. The lowest BCUT2D eigenvalue weighted by molar-refractivity contribution is 0.0926. The molecular formula is C27H30N2O2. The van der Waals surface area contributed by atoms with E-state index in [4.69, 9.17) is 4.74 Å². The summed E-state index contributed by atoms with van der Waals surface area (Å²) in [6.45, 7) is 7.38. The third-order valence-electron chi connectivity index (χ3n) is 5.73. The minimum atomic E-state index is -0.0816. The van der Waals surface area contributed by atoms with Crippen molar-refractivity contribution in [3.8, 4) is 5.75 Å². The highest BCUT2D eigenvalue weighted by atomic mass is 16.5. The average Bonchev–Trinajstić information content (AvgIpc) is 2.79. The van der Waals surface area contributed by atoms with Gasteiger partial charge in [-0.2, -0.15) is 0 Å². The summed E-state index contributed by atoms with van der Waals surface area (Å²) in [5.74, 6) is 0.745. The summed E-state index contributed by atoms with van der Waals surface area (Å²) in [5, 5.41) is 3.02. The van der Waals surface area contributed by atoms with Crippen molar-refractivity contribution in [2.45, 2.75) is 39.4 Å². The molecule has 1 aliphatic heterocycles. The van der Waals surface area contributed by atoms with Gasteiger partial charge in [-0.05, 0) is 61.2 Å². The standard InChI is InChI=1S/C27H30N2O2/c1-20-7-13-26(14-8-20)31-19-21(2)28-27(30)24-11-9-22(10-12-24)17-29-16-15-23-5-3-4-6-25(23)18-29/h3-14,21H,15-19H2,1-2H3,(H,28,30)/t21-/m0/s1. The molecule has 31 heavy (non-hydrogen) atoms. The van der Waals surface area contributed by atoms with E-state index in [0.29, 0.717) is 12.2 Å². The number of nitrogens with one attached hydrogen (secondary N) is 1. The van der Waals surface area contributed by atoms with E-state index in [1.165, 1.54) is 22.3 Å². The van der Waals surface area contributed by atoms with Crippen LogP contribution in [0, 0.1) is 6.92 Å². The van der Waals surface area contributed by atoms with Gasteiger partial charge in [-0.25, -0.2) is 0 Å². The second-order valence-electron chi connectivity index (χ2n) is 8.42. The second kappa shape index (κ2) is 9.80. The van der Waals surface area contributed by atoms with Crippen molar-refractivity contribution in [2.75, 3.05) is 13.2 Å². The molecule has 1 aliphatic rings. The Bertz CT molecular complexity index is 1010. The Labute approximate surface area is 184 Å². The predicted octanol–water partition coefficient (Wildman–Crippen LogP) is 4.75. The van der Waals surface area contributed by atoms with Gasteiger partial charge >= 0.3 is 0 Å². The number of nitrogens with zero attached hydrogens (tertiary/aromatic N) is 1. The molecule has 4 heteroatoms. The van der Waals surface area contributed by atoms with Crippen LogP contribution in [0.25, 0.3) is 0 Å². The zero-order valence-corrected chi connectivity index (χ0v) is 18.3. The van der Waals surface area contributed by atoms with Crippen molar-refractivity contribution in [1.82, 2.24) is 10.2 Å². The first kappa shape index (κ1) is 21.1. The first-order valence-corrected chi connectivity index (χ1v) is 11.0. The number of carbonyl (C=O) groups excluding carboxylic acids is 1. The third kappa shape index (κ3) is 5.74. The number of rotatable bonds is 7. The average molecular weight is 415 g/mol. The van der Waals surface area contributed by atoms with Crippen molar-refractivity contribution < 1.29 is 9.53 Å². The van der Waals surface area contributed by atoms with Crippen molar-refractivity contribution in [1.29, 1.82) is 0 Å². The molecule has 0 fully saturated rings. The van der Waals surface area contributed by atoms with E-state index in [1.54, 1.807) is 0 Å². The summed E-state index contributed by atoms with van der Waals surface area (Å²) in [4.78, 5) is 15.0. The van der Waals surface area contributed by atoms with E-state index in [-0.39, 0.29) is 11.9 Å². The summed E-state index contributed by atoms with van der Waals surface area (Å²) < 4.78 is 5.77. The van der Waals surface area contributed by atoms with Crippen LogP contribution in [0.15, 0.2) is 72.8 Å². The Kier molecular flexibility index (Phi) is 6.68. The Hall–Kier alpha value is -3.11. The monoisotopic (exact) mass is 414 g/mol. The molecule has 0 radical (unpaired) electrons. The minimum absolute atomic E-state index is 0.0709. The van der Waals surface area contributed by atoms with Gasteiger partial charge in [0.05, 0.1) is 6.04 Å². The maximum atomic E-state index is 12.6. The van der Waals surface area contributed by atoms with E-state index in [1.807, 2.05) is 50.2 Å². The fraction of sp³-hybridized carbons (Fsp3) is 0.296. The van der Waals surface area contributed by atoms with Gasteiger partial charge in [-0.1, -0.05) is 54.1 Å². The molecule has 0 aliphatic carbocycles. The maximum Gasteiger partial charge on any atom is 0.251 e. The first-order valence-electron chi connectivity index (χ1n) is 11.0. The van der Waals surface area contributed by atoms with Crippen LogP contribution in [-0.4, -0.2) is 30.0 Å². The highest BCUT2D eigenvalue weighted by Gasteiger charge is 2.16. The Morgan fingerprint density at radius 3 is 2.45 bits per heavy atom. The van der Waals surface area contributed by atoms with Gasteiger partial charge in [-0.15, -0.1) is 0 Å². The second-order valence-corrected chi connectivity index (χ2v) is 8.42. The van der Waals surface area contributed by atoms with Crippen LogP contribution in [0.4, 0.5) is 0 Å². The summed E-state index contributed by atoms with van der Waals surface area (Å²) in [6.07, 6.45) is 1.10. The van der Waals surface area contributed by atoms with E-state index in [9.17, 15) is 4.79 Å². The number of benzene rings is 3. The molecule has 4 rings (SSSR count). The van der Waals surface area contributed by atoms with Gasteiger partial charge in [0.15, 0.2) is 0 Å². The van der Waals surface area contributed by atoms with Gasteiger partial charge in [0.1, 0.15) is 12.4 Å². The number of carbonyl (C=O) groups is 1. The van der Waals surface area contributed by atoms with E-state index in [0.717, 1.165) is 31.8 Å². The van der Waals surface area contributed by atoms with Crippen LogP contribution < -0.4 is 10.1 Å². The lowest BCUT2D eigenvalue weighted by Gasteiger charge is -2.28. The Balaban J connectivity index is 1.26. The first-order chi connectivity index (χ1) is 15.1. The highest BCUT2D eigenvalue weighted by Crippen LogP contribution is 2.20. The lowest BCUT2D eigenvalue weighted by atomic mass is 9.99. The fourth-order valence-corrected chi connectivity index (χ4v) is 3.91. The number of aryl methyl sites for hydroxylation is 1. The Morgan fingerprint density at radius 2 is 1.71 bits per heavy atom. The SMILES string of the molecule is Cc1ccc(OC[C@H](C)NC(=O)c2ccc(CN3CCc4ccccc4C3)cc2)cc1. The quantitative estimate of drug-likeness (QED) is 0.607. The van der Waals surface area contributed by atoms with Crippen LogP contribution in [0.5, 0.6) is 5.75 Å². The molecule has 0 saturated heterocycles. The molecule has 4 nitrogen and oxygen atoms in total. The summed E-state index contributed by atoms with van der Waals surface area (Å²) in [6, 6.07) is 24.5. The van der Waals surface area contributed by atoms with Crippen LogP contribution in [0.3, 0.4) is 0 Å². The predicted molar refractivity (Wildman–Crippen MR) is 124 cm³/mol. The molecule has 3 aromatic rings. The van der Waals surface area contributed by atoms with Gasteiger partial charge in [0.25, 0.3) is 5.91 Å². The number of hydrogen-bond acceptors (Lipinski definition) is 3. The normalized spacial score (nSPS) is 14.5. The molecule has 1 heterocycles. The van der Waals surface area contributed by atoms with Gasteiger partial charge in [0, 0.05) is 25.2 Å². The van der Waals surface area contributed by atoms with Crippen LogP contribution in [-0.2, 0) is 19.5 Å². The van der Waals surface area contributed by atoms with E-state index < -0.39 is 0 Å². The van der Waals surface area contributed by atoms with Crippen LogP contribution in [0.1, 0.15) is 39.5 Å². The molecule has 160 valence electrons. The molecule has 0 aromatic heterocycles. The Morgan fingerprint density at radius 1 is 1.00 bits per heavy atom. The molecule has 0 bridgehead atoms. The number of ether oxygens (including phenoxy) is 1. The smallest absolute Gasteiger partial charge is 0.251 e. The van der Waals surface area contributed by atoms with Crippen LogP contribution >= 0.6 is 0 Å². The van der Waals surface area contributed by atoms with E-state index in [2.05, 4.69) is 46.6 Å². The van der Waals surface area contributed by atoms with Crippen molar-refractivity contribution in [3.05, 3.63) is 101 Å². The highest BCUT2D eigenvalue weighted by molar-refractivity contribution is 5.94. The molecule has 1 atom stereocenters. The van der Waals surface area contributed by atoms with Crippen molar-refractivity contribution in [3.63, 3.8) is 0 Å². The van der Waals surface area contributed by atoms with Gasteiger partial charge < -0.3 is 10.1 Å².